The minimum absolute atomic E-state index is 0.173. The van der Waals surface area contributed by atoms with Crippen molar-refractivity contribution in [2.45, 2.75) is 6.61 Å². The van der Waals surface area contributed by atoms with E-state index in [9.17, 15) is 4.79 Å². The van der Waals surface area contributed by atoms with Gasteiger partial charge < -0.3 is 4.74 Å². The molecule has 0 saturated heterocycles. The Bertz CT molecular complexity index is 651. The van der Waals surface area contributed by atoms with Crippen LogP contribution >= 0.6 is 11.6 Å². The van der Waals surface area contributed by atoms with Crippen LogP contribution in [0.5, 0.6) is 0 Å². The SMILES string of the molecule is C#Cc1ncc(Cl)cc1NC(=O)OCc1ccccc1. The number of ether oxygens (including phenoxy) is 1. The molecule has 0 atom stereocenters. The van der Waals surface area contributed by atoms with Crippen LogP contribution in [0.2, 0.25) is 5.02 Å². The summed E-state index contributed by atoms with van der Waals surface area (Å²) in [5.74, 6) is 2.36. The second kappa shape index (κ2) is 6.60. The monoisotopic (exact) mass is 286 g/mol. The molecule has 1 amide bonds. The van der Waals surface area contributed by atoms with E-state index in [1.807, 2.05) is 30.3 Å². The second-order valence-electron chi connectivity index (χ2n) is 3.88. The fraction of sp³-hybridized carbons (Fsp3) is 0.0667. The Morgan fingerprint density at radius 3 is 2.85 bits per heavy atom. The number of carbonyl (C=O) groups is 1. The van der Waals surface area contributed by atoms with Crippen molar-refractivity contribution in [1.29, 1.82) is 0 Å². The summed E-state index contributed by atoms with van der Waals surface area (Å²) in [4.78, 5) is 15.6. The topological polar surface area (TPSA) is 51.2 Å². The van der Waals surface area contributed by atoms with E-state index in [1.54, 1.807) is 0 Å². The normalized spacial score (nSPS) is 9.60. The molecule has 1 aromatic carbocycles. The number of rotatable bonds is 3. The highest BCUT2D eigenvalue weighted by Gasteiger charge is 2.08. The van der Waals surface area contributed by atoms with Gasteiger partial charge in [-0.1, -0.05) is 41.9 Å². The van der Waals surface area contributed by atoms with E-state index in [-0.39, 0.29) is 6.61 Å². The molecule has 1 N–H and O–H groups in total. The summed E-state index contributed by atoms with van der Waals surface area (Å²) < 4.78 is 5.08. The highest BCUT2D eigenvalue weighted by Crippen LogP contribution is 2.18. The van der Waals surface area contributed by atoms with Gasteiger partial charge in [-0.15, -0.1) is 6.42 Å². The first-order chi connectivity index (χ1) is 9.69. The number of amides is 1. The first-order valence-corrected chi connectivity index (χ1v) is 6.16. The van der Waals surface area contributed by atoms with Gasteiger partial charge in [0.05, 0.1) is 10.7 Å². The van der Waals surface area contributed by atoms with Crippen LogP contribution in [0.1, 0.15) is 11.3 Å². The smallest absolute Gasteiger partial charge is 0.412 e. The van der Waals surface area contributed by atoms with E-state index < -0.39 is 6.09 Å². The maximum Gasteiger partial charge on any atom is 0.412 e. The van der Waals surface area contributed by atoms with Crippen LogP contribution in [-0.4, -0.2) is 11.1 Å². The minimum atomic E-state index is -0.616. The van der Waals surface area contributed by atoms with Crippen molar-refractivity contribution >= 4 is 23.4 Å². The average molecular weight is 287 g/mol. The molecule has 0 fully saturated rings. The predicted octanol–water partition coefficient (Wildman–Crippen LogP) is 3.47. The lowest BCUT2D eigenvalue weighted by molar-refractivity contribution is 0.155. The molecule has 20 heavy (non-hydrogen) atoms. The zero-order chi connectivity index (χ0) is 14.4. The van der Waals surface area contributed by atoms with Crippen molar-refractivity contribution in [2.24, 2.45) is 0 Å². The number of terminal acetylenes is 1. The standard InChI is InChI=1S/C15H11ClN2O2/c1-2-13-14(8-12(16)9-17-13)18-15(19)20-10-11-6-4-3-5-7-11/h1,3-9H,10H2,(H,18,19). The van der Waals surface area contributed by atoms with Gasteiger partial charge in [0.2, 0.25) is 0 Å². The summed E-state index contributed by atoms with van der Waals surface area (Å²) in [6.07, 6.45) is 6.09. The van der Waals surface area contributed by atoms with Crippen LogP contribution in [-0.2, 0) is 11.3 Å². The van der Waals surface area contributed by atoms with Gasteiger partial charge in [0.25, 0.3) is 0 Å². The zero-order valence-corrected chi connectivity index (χ0v) is 11.2. The third-order valence-electron chi connectivity index (χ3n) is 2.44. The van der Waals surface area contributed by atoms with Gasteiger partial charge in [-0.3, -0.25) is 5.32 Å². The molecule has 0 aliphatic rings. The molecule has 0 unspecified atom stereocenters. The summed E-state index contributed by atoms with van der Waals surface area (Å²) in [6, 6.07) is 10.9. The van der Waals surface area contributed by atoms with Crippen molar-refractivity contribution in [3.63, 3.8) is 0 Å². The molecule has 0 spiro atoms. The third-order valence-corrected chi connectivity index (χ3v) is 2.65. The van der Waals surface area contributed by atoms with Crippen molar-refractivity contribution in [2.75, 3.05) is 5.32 Å². The molecule has 5 heteroatoms. The number of nitrogens with one attached hydrogen (secondary N) is 1. The van der Waals surface area contributed by atoms with Gasteiger partial charge in [-0.05, 0) is 17.6 Å². The summed E-state index contributed by atoms with van der Waals surface area (Å²) >= 11 is 5.81. The Morgan fingerprint density at radius 2 is 2.15 bits per heavy atom. The van der Waals surface area contributed by atoms with Crippen LogP contribution in [0.25, 0.3) is 0 Å². The number of hydrogen-bond acceptors (Lipinski definition) is 3. The number of nitrogens with zero attached hydrogens (tertiary/aromatic N) is 1. The number of halogens is 1. The van der Waals surface area contributed by atoms with Crippen LogP contribution < -0.4 is 5.32 Å². The Kier molecular flexibility index (Phi) is 4.59. The lowest BCUT2D eigenvalue weighted by Crippen LogP contribution is -2.14. The predicted molar refractivity (Wildman–Crippen MR) is 77.4 cm³/mol. The molecular weight excluding hydrogens is 276 g/mol. The lowest BCUT2D eigenvalue weighted by Gasteiger charge is -2.08. The summed E-state index contributed by atoms with van der Waals surface area (Å²) in [5.41, 5.74) is 1.54. The first-order valence-electron chi connectivity index (χ1n) is 5.79. The number of hydrogen-bond donors (Lipinski definition) is 1. The minimum Gasteiger partial charge on any atom is -0.444 e. The number of carbonyl (C=O) groups excluding carboxylic acids is 1. The molecule has 100 valence electrons. The summed E-state index contributed by atoms with van der Waals surface area (Å²) in [6.45, 7) is 0.173. The third kappa shape index (κ3) is 3.74. The fourth-order valence-corrected chi connectivity index (χ4v) is 1.68. The van der Waals surface area contributed by atoms with Gasteiger partial charge in [-0.2, -0.15) is 0 Å². The highest BCUT2D eigenvalue weighted by atomic mass is 35.5. The zero-order valence-electron chi connectivity index (χ0n) is 10.5. The maximum atomic E-state index is 11.7. The molecule has 0 aliphatic carbocycles. The summed E-state index contributed by atoms with van der Waals surface area (Å²) in [7, 11) is 0. The van der Waals surface area contributed by atoms with Crippen LogP contribution in [0.15, 0.2) is 42.6 Å². The molecule has 0 bridgehead atoms. The number of pyridine rings is 1. The summed E-state index contributed by atoms with van der Waals surface area (Å²) in [5, 5.41) is 2.90. The largest absolute Gasteiger partial charge is 0.444 e. The Hall–Kier alpha value is -2.51. The van der Waals surface area contributed by atoms with Crippen molar-refractivity contribution in [3.8, 4) is 12.3 Å². The number of anilines is 1. The maximum absolute atomic E-state index is 11.7. The van der Waals surface area contributed by atoms with E-state index >= 15 is 0 Å². The van der Waals surface area contributed by atoms with E-state index in [1.165, 1.54) is 12.3 Å². The van der Waals surface area contributed by atoms with Crippen LogP contribution in [0, 0.1) is 12.3 Å². The van der Waals surface area contributed by atoms with E-state index in [4.69, 9.17) is 22.8 Å². The number of benzene rings is 1. The van der Waals surface area contributed by atoms with Gasteiger partial charge in [0.15, 0.2) is 0 Å². The molecule has 2 rings (SSSR count). The molecule has 4 nitrogen and oxygen atoms in total. The van der Waals surface area contributed by atoms with Crippen LogP contribution in [0.3, 0.4) is 0 Å². The van der Waals surface area contributed by atoms with Crippen molar-refractivity contribution < 1.29 is 9.53 Å². The lowest BCUT2D eigenvalue weighted by atomic mass is 10.2. The first kappa shape index (κ1) is 13.9. The molecular formula is C15H11ClN2O2. The molecule has 0 aliphatic heterocycles. The molecule has 2 aromatic rings. The molecule has 0 saturated carbocycles. The fourth-order valence-electron chi connectivity index (χ4n) is 1.52. The number of aromatic nitrogens is 1. The van der Waals surface area contributed by atoms with Gasteiger partial charge in [0, 0.05) is 6.20 Å². The Labute approximate surface area is 121 Å². The van der Waals surface area contributed by atoms with Crippen molar-refractivity contribution in [3.05, 3.63) is 58.9 Å². The molecule has 1 heterocycles. The van der Waals surface area contributed by atoms with Gasteiger partial charge >= 0.3 is 6.09 Å². The Balaban J connectivity index is 1.98. The van der Waals surface area contributed by atoms with E-state index in [0.717, 1.165) is 5.56 Å². The molecule has 0 radical (unpaired) electrons. The van der Waals surface area contributed by atoms with Crippen molar-refractivity contribution in [1.82, 2.24) is 4.98 Å². The second-order valence-corrected chi connectivity index (χ2v) is 4.32. The quantitative estimate of drug-likeness (QED) is 0.879. The Morgan fingerprint density at radius 1 is 1.40 bits per heavy atom. The van der Waals surface area contributed by atoms with E-state index in [2.05, 4.69) is 16.2 Å². The molecule has 1 aromatic heterocycles. The van der Waals surface area contributed by atoms with Gasteiger partial charge in [0.1, 0.15) is 12.3 Å². The average Bonchev–Trinajstić information content (AvgIpc) is 2.46. The van der Waals surface area contributed by atoms with E-state index in [0.29, 0.717) is 16.4 Å². The van der Waals surface area contributed by atoms with Gasteiger partial charge in [-0.25, -0.2) is 9.78 Å². The van der Waals surface area contributed by atoms with Crippen LogP contribution in [0.4, 0.5) is 10.5 Å². The highest BCUT2D eigenvalue weighted by molar-refractivity contribution is 6.30.